The number of aromatic amines is 1. The summed E-state index contributed by atoms with van der Waals surface area (Å²) < 4.78 is 0. The van der Waals surface area contributed by atoms with Crippen LogP contribution in [0.15, 0.2) is 30.6 Å². The smallest absolute Gasteiger partial charge is 0.155 e. The minimum Gasteiger partial charge on any atom is -0.392 e. The van der Waals surface area contributed by atoms with Crippen LogP contribution in [0.2, 0.25) is 0 Å². The molecule has 1 aromatic heterocycles. The molecule has 0 atom stereocenters. The summed E-state index contributed by atoms with van der Waals surface area (Å²) in [6.45, 7) is 0.0108. The highest BCUT2D eigenvalue weighted by molar-refractivity contribution is 5.59. The fraction of sp³-hybridized carbons (Fsp3) is 0.111. The van der Waals surface area contributed by atoms with Gasteiger partial charge in [0, 0.05) is 5.56 Å². The molecule has 0 spiro atoms. The average Bonchev–Trinajstić information content (AvgIpc) is 2.70. The molecule has 0 aliphatic heterocycles. The molecule has 0 saturated carbocycles. The Hall–Kier alpha value is -1.68. The van der Waals surface area contributed by atoms with E-state index in [4.69, 9.17) is 5.11 Å². The van der Waals surface area contributed by atoms with Gasteiger partial charge in [0.2, 0.25) is 0 Å². The first-order valence-electron chi connectivity index (χ1n) is 3.96. The number of rotatable bonds is 2. The van der Waals surface area contributed by atoms with E-state index in [1.165, 1.54) is 6.33 Å². The molecular formula is C9H9N3O. The third-order valence-corrected chi connectivity index (χ3v) is 1.86. The Labute approximate surface area is 75.3 Å². The largest absolute Gasteiger partial charge is 0.392 e. The first kappa shape index (κ1) is 7.94. The van der Waals surface area contributed by atoms with Gasteiger partial charge >= 0.3 is 0 Å². The molecule has 2 aromatic rings. The highest BCUT2D eigenvalue weighted by Crippen LogP contribution is 2.18. The zero-order valence-corrected chi connectivity index (χ0v) is 6.94. The molecule has 0 bridgehead atoms. The molecule has 0 saturated heterocycles. The monoisotopic (exact) mass is 175 g/mol. The number of hydrogen-bond donors (Lipinski definition) is 2. The number of nitrogens with zero attached hydrogens (tertiary/aromatic N) is 2. The van der Waals surface area contributed by atoms with Crippen molar-refractivity contribution in [2.24, 2.45) is 0 Å². The first-order chi connectivity index (χ1) is 6.42. The van der Waals surface area contributed by atoms with Crippen molar-refractivity contribution < 1.29 is 5.11 Å². The van der Waals surface area contributed by atoms with Gasteiger partial charge in [-0.3, -0.25) is 5.10 Å². The second kappa shape index (κ2) is 3.37. The van der Waals surface area contributed by atoms with Crippen molar-refractivity contribution in [3.8, 4) is 11.4 Å². The quantitative estimate of drug-likeness (QED) is 0.714. The summed E-state index contributed by atoms with van der Waals surface area (Å²) in [4.78, 5) is 4.02. The van der Waals surface area contributed by atoms with Crippen molar-refractivity contribution in [1.82, 2.24) is 15.2 Å². The number of benzene rings is 1. The van der Waals surface area contributed by atoms with Gasteiger partial charge in [0.15, 0.2) is 5.82 Å². The van der Waals surface area contributed by atoms with Gasteiger partial charge in [0.1, 0.15) is 6.33 Å². The second-order valence-corrected chi connectivity index (χ2v) is 2.65. The minimum atomic E-state index is 0.0108. The Bertz CT molecular complexity index is 384. The molecule has 4 nitrogen and oxygen atoms in total. The SMILES string of the molecule is OCc1ccccc1-c1ncn[nH]1. The van der Waals surface area contributed by atoms with Crippen molar-refractivity contribution >= 4 is 0 Å². The first-order valence-corrected chi connectivity index (χ1v) is 3.96. The molecule has 4 heteroatoms. The predicted octanol–water partition coefficient (Wildman–Crippen LogP) is 0.964. The van der Waals surface area contributed by atoms with E-state index in [1.54, 1.807) is 0 Å². The van der Waals surface area contributed by atoms with Crippen molar-refractivity contribution in [3.63, 3.8) is 0 Å². The number of hydrogen-bond acceptors (Lipinski definition) is 3. The van der Waals surface area contributed by atoms with Gasteiger partial charge in [-0.1, -0.05) is 24.3 Å². The molecule has 0 unspecified atom stereocenters. The molecule has 0 amide bonds. The van der Waals surface area contributed by atoms with Crippen LogP contribution in [-0.2, 0) is 6.61 Å². The highest BCUT2D eigenvalue weighted by Gasteiger charge is 2.04. The Morgan fingerprint density at radius 2 is 2.15 bits per heavy atom. The van der Waals surface area contributed by atoms with E-state index in [2.05, 4.69) is 15.2 Å². The summed E-state index contributed by atoms with van der Waals surface area (Å²) in [7, 11) is 0. The zero-order valence-electron chi connectivity index (χ0n) is 6.94. The van der Waals surface area contributed by atoms with E-state index in [1.807, 2.05) is 24.3 Å². The van der Waals surface area contributed by atoms with Gasteiger partial charge < -0.3 is 5.11 Å². The van der Waals surface area contributed by atoms with Gasteiger partial charge in [0.05, 0.1) is 6.61 Å². The Morgan fingerprint density at radius 1 is 1.31 bits per heavy atom. The molecule has 2 rings (SSSR count). The van der Waals surface area contributed by atoms with Gasteiger partial charge in [-0.05, 0) is 5.56 Å². The molecule has 13 heavy (non-hydrogen) atoms. The third-order valence-electron chi connectivity index (χ3n) is 1.86. The number of aliphatic hydroxyl groups excluding tert-OH is 1. The lowest BCUT2D eigenvalue weighted by Crippen LogP contribution is -1.90. The summed E-state index contributed by atoms with van der Waals surface area (Å²) in [5.74, 6) is 0.685. The predicted molar refractivity (Wildman–Crippen MR) is 47.7 cm³/mol. The number of aliphatic hydroxyl groups is 1. The second-order valence-electron chi connectivity index (χ2n) is 2.65. The molecule has 1 heterocycles. The standard InChI is InChI=1S/C9H9N3O/c13-5-7-3-1-2-4-8(7)9-10-6-11-12-9/h1-4,6,13H,5H2,(H,10,11,12). The van der Waals surface area contributed by atoms with E-state index in [9.17, 15) is 0 Å². The molecule has 0 aliphatic rings. The van der Waals surface area contributed by atoms with Crippen molar-refractivity contribution in [2.45, 2.75) is 6.61 Å². The third kappa shape index (κ3) is 1.43. The Balaban J connectivity index is 2.51. The van der Waals surface area contributed by atoms with Gasteiger partial charge in [-0.25, -0.2) is 4.98 Å². The molecule has 1 aromatic carbocycles. The van der Waals surface area contributed by atoms with E-state index in [-0.39, 0.29) is 6.61 Å². The maximum absolute atomic E-state index is 9.06. The van der Waals surface area contributed by atoms with Crippen molar-refractivity contribution in [2.75, 3.05) is 0 Å². The number of aromatic nitrogens is 3. The van der Waals surface area contributed by atoms with E-state index in [0.29, 0.717) is 5.82 Å². The molecule has 66 valence electrons. The Kier molecular flexibility index (Phi) is 2.06. The zero-order chi connectivity index (χ0) is 9.10. The van der Waals surface area contributed by atoms with Gasteiger partial charge in [-0.2, -0.15) is 5.10 Å². The molecule has 0 aliphatic carbocycles. The normalized spacial score (nSPS) is 10.2. The fourth-order valence-corrected chi connectivity index (χ4v) is 1.22. The van der Waals surface area contributed by atoms with Crippen LogP contribution in [0.5, 0.6) is 0 Å². The fourth-order valence-electron chi connectivity index (χ4n) is 1.22. The maximum Gasteiger partial charge on any atom is 0.155 e. The van der Waals surface area contributed by atoms with Crippen LogP contribution in [0, 0.1) is 0 Å². The van der Waals surface area contributed by atoms with Crippen molar-refractivity contribution in [1.29, 1.82) is 0 Å². The van der Waals surface area contributed by atoms with Crippen molar-refractivity contribution in [3.05, 3.63) is 36.2 Å². The molecule has 0 radical (unpaired) electrons. The molecule has 0 fully saturated rings. The summed E-state index contributed by atoms with van der Waals surface area (Å²) in [6, 6.07) is 7.53. The Morgan fingerprint density at radius 3 is 2.85 bits per heavy atom. The number of H-pyrrole nitrogens is 1. The van der Waals surface area contributed by atoms with Crippen LogP contribution in [0.1, 0.15) is 5.56 Å². The lowest BCUT2D eigenvalue weighted by atomic mass is 10.1. The van der Waals surface area contributed by atoms with Crippen LogP contribution in [0.25, 0.3) is 11.4 Å². The van der Waals surface area contributed by atoms with Crippen LogP contribution >= 0.6 is 0 Å². The van der Waals surface area contributed by atoms with Crippen LogP contribution in [0.4, 0.5) is 0 Å². The lowest BCUT2D eigenvalue weighted by molar-refractivity contribution is 0.282. The van der Waals surface area contributed by atoms with Gasteiger partial charge in [0.25, 0.3) is 0 Å². The summed E-state index contributed by atoms with van der Waals surface area (Å²) >= 11 is 0. The number of nitrogens with one attached hydrogen (secondary N) is 1. The molecular weight excluding hydrogens is 166 g/mol. The minimum absolute atomic E-state index is 0.0108. The summed E-state index contributed by atoms with van der Waals surface area (Å²) in [5.41, 5.74) is 1.74. The van der Waals surface area contributed by atoms with Crippen LogP contribution < -0.4 is 0 Å². The lowest BCUT2D eigenvalue weighted by Gasteiger charge is -2.02. The van der Waals surface area contributed by atoms with E-state index in [0.717, 1.165) is 11.1 Å². The highest BCUT2D eigenvalue weighted by atomic mass is 16.3. The average molecular weight is 175 g/mol. The molecule has 2 N–H and O–H groups in total. The van der Waals surface area contributed by atoms with E-state index >= 15 is 0 Å². The summed E-state index contributed by atoms with van der Waals surface area (Å²) in [5, 5.41) is 15.6. The van der Waals surface area contributed by atoms with Gasteiger partial charge in [-0.15, -0.1) is 0 Å². The van der Waals surface area contributed by atoms with Crippen LogP contribution in [0.3, 0.4) is 0 Å². The maximum atomic E-state index is 9.06. The topological polar surface area (TPSA) is 61.8 Å². The summed E-state index contributed by atoms with van der Waals surface area (Å²) in [6.07, 6.45) is 1.45. The van der Waals surface area contributed by atoms with Crippen LogP contribution in [-0.4, -0.2) is 20.3 Å². The van der Waals surface area contributed by atoms with E-state index < -0.39 is 0 Å².